The molecule has 0 radical (unpaired) electrons. The van der Waals surface area contributed by atoms with Crippen LogP contribution in [0.1, 0.15) is 11.1 Å². The number of aliphatic hydroxyl groups is 1. The molecule has 2 aromatic carbocycles. The van der Waals surface area contributed by atoms with Crippen LogP contribution in [-0.4, -0.2) is 14.9 Å². The molecule has 1 N–H and O–H groups in total. The molecule has 3 nitrogen and oxygen atoms in total. The lowest BCUT2D eigenvalue weighted by Crippen LogP contribution is -1.95. The van der Waals surface area contributed by atoms with Crippen LogP contribution >= 0.6 is 11.6 Å². The van der Waals surface area contributed by atoms with Gasteiger partial charge in [-0.1, -0.05) is 53.6 Å². The highest BCUT2D eigenvalue weighted by Gasteiger charge is 2.12. The molecule has 21 heavy (non-hydrogen) atoms. The fourth-order valence-electron chi connectivity index (χ4n) is 2.24. The summed E-state index contributed by atoms with van der Waals surface area (Å²) in [7, 11) is 0. The first-order valence-corrected chi connectivity index (χ1v) is 7.08. The molecule has 3 rings (SSSR count). The largest absolute Gasteiger partial charge is 0.392 e. The van der Waals surface area contributed by atoms with Crippen molar-refractivity contribution in [3.05, 3.63) is 70.9 Å². The van der Waals surface area contributed by atoms with E-state index in [0.717, 1.165) is 22.5 Å². The Morgan fingerprint density at radius 3 is 2.48 bits per heavy atom. The molecule has 0 saturated heterocycles. The first-order valence-electron chi connectivity index (χ1n) is 6.70. The number of aliphatic hydroxyl groups excluding tert-OH is 1. The highest BCUT2D eigenvalue weighted by molar-refractivity contribution is 6.32. The van der Waals surface area contributed by atoms with Crippen LogP contribution in [0.3, 0.4) is 0 Å². The average Bonchev–Trinajstić information content (AvgIpc) is 2.92. The molecule has 3 aromatic rings. The Labute approximate surface area is 128 Å². The van der Waals surface area contributed by atoms with Gasteiger partial charge in [0.25, 0.3) is 0 Å². The quantitative estimate of drug-likeness (QED) is 0.794. The molecule has 0 aliphatic heterocycles. The molecule has 0 spiro atoms. The SMILES string of the molecule is Cc1ccc(-c2nn(-c3ccccc3Cl)cc2CO)cc1. The van der Waals surface area contributed by atoms with E-state index < -0.39 is 0 Å². The van der Waals surface area contributed by atoms with E-state index in [-0.39, 0.29) is 6.61 Å². The van der Waals surface area contributed by atoms with Crippen LogP contribution in [0.4, 0.5) is 0 Å². The first kappa shape index (κ1) is 13.9. The van der Waals surface area contributed by atoms with Crippen molar-refractivity contribution in [1.29, 1.82) is 0 Å². The van der Waals surface area contributed by atoms with E-state index in [2.05, 4.69) is 5.10 Å². The third-order valence-corrected chi connectivity index (χ3v) is 3.70. The van der Waals surface area contributed by atoms with Crippen molar-refractivity contribution >= 4 is 11.6 Å². The lowest BCUT2D eigenvalue weighted by molar-refractivity contribution is 0.282. The van der Waals surface area contributed by atoms with Crippen LogP contribution in [0.25, 0.3) is 16.9 Å². The average molecular weight is 299 g/mol. The number of benzene rings is 2. The van der Waals surface area contributed by atoms with Crippen molar-refractivity contribution in [1.82, 2.24) is 9.78 Å². The summed E-state index contributed by atoms with van der Waals surface area (Å²) in [5.41, 5.74) is 4.52. The van der Waals surface area contributed by atoms with Crippen molar-refractivity contribution in [3.63, 3.8) is 0 Å². The van der Waals surface area contributed by atoms with E-state index in [4.69, 9.17) is 11.6 Å². The molecule has 0 bridgehead atoms. The number of hydrogen-bond acceptors (Lipinski definition) is 2. The van der Waals surface area contributed by atoms with E-state index in [1.165, 1.54) is 5.56 Å². The van der Waals surface area contributed by atoms with Gasteiger partial charge in [-0.25, -0.2) is 4.68 Å². The molecule has 0 amide bonds. The summed E-state index contributed by atoms with van der Waals surface area (Å²) < 4.78 is 1.71. The normalized spacial score (nSPS) is 10.8. The van der Waals surface area contributed by atoms with Crippen LogP contribution in [0.2, 0.25) is 5.02 Å². The molecule has 1 aromatic heterocycles. The first-order chi connectivity index (χ1) is 10.2. The summed E-state index contributed by atoms with van der Waals surface area (Å²) >= 11 is 6.21. The smallest absolute Gasteiger partial charge is 0.0982 e. The zero-order chi connectivity index (χ0) is 14.8. The highest BCUT2D eigenvalue weighted by atomic mass is 35.5. The Morgan fingerprint density at radius 2 is 1.81 bits per heavy atom. The molecule has 0 fully saturated rings. The second-order valence-electron chi connectivity index (χ2n) is 4.92. The number of aromatic nitrogens is 2. The van der Waals surface area contributed by atoms with Gasteiger partial charge in [0, 0.05) is 17.3 Å². The minimum atomic E-state index is -0.0618. The number of hydrogen-bond donors (Lipinski definition) is 1. The van der Waals surface area contributed by atoms with Gasteiger partial charge in [-0.05, 0) is 19.1 Å². The van der Waals surface area contributed by atoms with Crippen molar-refractivity contribution < 1.29 is 5.11 Å². The van der Waals surface area contributed by atoms with Crippen LogP contribution in [0, 0.1) is 6.92 Å². The fourth-order valence-corrected chi connectivity index (χ4v) is 2.46. The number of rotatable bonds is 3. The van der Waals surface area contributed by atoms with Crippen LogP contribution in [0.5, 0.6) is 0 Å². The molecule has 0 saturated carbocycles. The Balaban J connectivity index is 2.11. The van der Waals surface area contributed by atoms with Gasteiger partial charge in [0.05, 0.1) is 23.0 Å². The van der Waals surface area contributed by atoms with Gasteiger partial charge in [-0.3, -0.25) is 0 Å². The number of aryl methyl sites for hydroxylation is 1. The number of halogens is 1. The van der Waals surface area contributed by atoms with E-state index in [1.54, 1.807) is 4.68 Å². The van der Waals surface area contributed by atoms with Gasteiger partial charge in [0.15, 0.2) is 0 Å². The third kappa shape index (κ3) is 2.71. The monoisotopic (exact) mass is 298 g/mol. The second-order valence-corrected chi connectivity index (χ2v) is 5.33. The highest BCUT2D eigenvalue weighted by Crippen LogP contribution is 2.26. The number of para-hydroxylation sites is 1. The molecule has 106 valence electrons. The number of nitrogens with zero attached hydrogens (tertiary/aromatic N) is 2. The Morgan fingerprint density at radius 1 is 1.10 bits per heavy atom. The standard InChI is InChI=1S/C17H15ClN2O/c1-12-6-8-13(9-7-12)17-14(11-21)10-20(19-17)16-5-3-2-4-15(16)18/h2-10,21H,11H2,1H3. The minimum absolute atomic E-state index is 0.0618. The van der Waals surface area contributed by atoms with Gasteiger partial charge in [0.2, 0.25) is 0 Å². The summed E-state index contributed by atoms with van der Waals surface area (Å²) in [6, 6.07) is 15.6. The molecular formula is C17H15ClN2O. The maximum atomic E-state index is 9.58. The molecular weight excluding hydrogens is 284 g/mol. The van der Waals surface area contributed by atoms with Gasteiger partial charge < -0.3 is 5.11 Å². The van der Waals surface area contributed by atoms with Crippen LogP contribution < -0.4 is 0 Å². The van der Waals surface area contributed by atoms with E-state index in [1.807, 2.05) is 61.7 Å². The molecule has 0 aliphatic rings. The van der Waals surface area contributed by atoms with Gasteiger partial charge in [-0.15, -0.1) is 0 Å². The topological polar surface area (TPSA) is 38.0 Å². The van der Waals surface area contributed by atoms with Crippen molar-refractivity contribution in [3.8, 4) is 16.9 Å². The fraction of sp³-hybridized carbons (Fsp3) is 0.118. The molecule has 1 heterocycles. The molecule has 0 atom stereocenters. The maximum absolute atomic E-state index is 9.58. The van der Waals surface area contributed by atoms with Crippen molar-refractivity contribution in [2.75, 3.05) is 0 Å². The summed E-state index contributed by atoms with van der Waals surface area (Å²) in [6.45, 7) is 1.98. The lowest BCUT2D eigenvalue weighted by Gasteiger charge is -2.03. The predicted octanol–water partition coefficient (Wildman–Crippen LogP) is 3.99. The Hall–Kier alpha value is -2.10. The lowest BCUT2D eigenvalue weighted by atomic mass is 10.1. The minimum Gasteiger partial charge on any atom is -0.392 e. The van der Waals surface area contributed by atoms with E-state index in [9.17, 15) is 5.11 Å². The van der Waals surface area contributed by atoms with Gasteiger partial charge in [-0.2, -0.15) is 5.10 Å². The molecule has 0 aliphatic carbocycles. The Kier molecular flexibility index (Phi) is 3.78. The van der Waals surface area contributed by atoms with Gasteiger partial charge in [0.1, 0.15) is 0 Å². The summed E-state index contributed by atoms with van der Waals surface area (Å²) in [5, 5.41) is 14.8. The van der Waals surface area contributed by atoms with Crippen LogP contribution in [-0.2, 0) is 6.61 Å². The third-order valence-electron chi connectivity index (χ3n) is 3.38. The Bertz CT molecular complexity index is 763. The van der Waals surface area contributed by atoms with Crippen LogP contribution in [0.15, 0.2) is 54.7 Å². The zero-order valence-electron chi connectivity index (χ0n) is 11.6. The zero-order valence-corrected chi connectivity index (χ0v) is 12.4. The van der Waals surface area contributed by atoms with Crippen molar-refractivity contribution in [2.45, 2.75) is 13.5 Å². The van der Waals surface area contributed by atoms with E-state index in [0.29, 0.717) is 5.02 Å². The summed E-state index contributed by atoms with van der Waals surface area (Å²) in [6.07, 6.45) is 1.82. The molecule has 4 heteroatoms. The van der Waals surface area contributed by atoms with E-state index >= 15 is 0 Å². The predicted molar refractivity (Wildman–Crippen MR) is 84.7 cm³/mol. The second kappa shape index (κ2) is 5.72. The maximum Gasteiger partial charge on any atom is 0.0982 e. The van der Waals surface area contributed by atoms with Gasteiger partial charge >= 0.3 is 0 Å². The summed E-state index contributed by atoms with van der Waals surface area (Å²) in [4.78, 5) is 0. The van der Waals surface area contributed by atoms with Crippen molar-refractivity contribution in [2.24, 2.45) is 0 Å². The molecule has 0 unspecified atom stereocenters. The summed E-state index contributed by atoms with van der Waals surface area (Å²) in [5.74, 6) is 0.